The summed E-state index contributed by atoms with van der Waals surface area (Å²) >= 11 is 2.10. The Hall–Kier alpha value is 0.310. The molecular formula is C11H21NS. The summed E-state index contributed by atoms with van der Waals surface area (Å²) in [6, 6.07) is 1.59. The maximum Gasteiger partial charge on any atom is 0.0168 e. The Morgan fingerprint density at radius 2 is 2.00 bits per heavy atom. The van der Waals surface area contributed by atoms with Crippen LogP contribution in [0.5, 0.6) is 0 Å². The molecule has 0 amide bonds. The minimum Gasteiger partial charge on any atom is -0.310 e. The molecule has 0 spiro atoms. The van der Waals surface area contributed by atoms with Crippen molar-refractivity contribution in [2.24, 2.45) is 5.92 Å². The molecule has 1 saturated carbocycles. The Morgan fingerprint density at radius 1 is 1.23 bits per heavy atom. The number of nitrogens with one attached hydrogen (secondary N) is 1. The van der Waals surface area contributed by atoms with Gasteiger partial charge >= 0.3 is 0 Å². The highest BCUT2D eigenvalue weighted by Crippen LogP contribution is 2.28. The molecule has 13 heavy (non-hydrogen) atoms. The molecule has 1 N–H and O–H groups in total. The predicted octanol–water partition coefficient (Wildman–Crippen LogP) is 2.66. The molecule has 1 aliphatic heterocycles. The molecule has 76 valence electrons. The minimum absolute atomic E-state index is 0.770. The lowest BCUT2D eigenvalue weighted by Crippen LogP contribution is -2.40. The quantitative estimate of drug-likeness (QED) is 0.750. The van der Waals surface area contributed by atoms with Crippen molar-refractivity contribution in [2.45, 2.75) is 51.1 Å². The van der Waals surface area contributed by atoms with E-state index in [1.165, 1.54) is 43.6 Å². The Kier molecular flexibility index (Phi) is 3.56. The van der Waals surface area contributed by atoms with Crippen molar-refractivity contribution < 1.29 is 0 Å². The molecule has 2 fully saturated rings. The van der Waals surface area contributed by atoms with E-state index in [2.05, 4.69) is 24.0 Å². The van der Waals surface area contributed by atoms with Gasteiger partial charge in [0, 0.05) is 17.8 Å². The van der Waals surface area contributed by atoms with Crippen LogP contribution >= 0.6 is 11.8 Å². The molecule has 0 radical (unpaired) electrons. The van der Waals surface area contributed by atoms with E-state index in [4.69, 9.17) is 0 Å². The molecule has 2 atom stereocenters. The predicted molar refractivity (Wildman–Crippen MR) is 60.3 cm³/mol. The van der Waals surface area contributed by atoms with Crippen molar-refractivity contribution >= 4 is 11.8 Å². The van der Waals surface area contributed by atoms with Crippen molar-refractivity contribution in [3.8, 4) is 0 Å². The summed E-state index contributed by atoms with van der Waals surface area (Å²) < 4.78 is 0. The van der Waals surface area contributed by atoms with Crippen molar-refractivity contribution in [2.75, 3.05) is 11.5 Å². The van der Waals surface area contributed by atoms with Gasteiger partial charge in [-0.05, 0) is 37.9 Å². The molecule has 1 saturated heterocycles. The maximum absolute atomic E-state index is 3.80. The zero-order valence-corrected chi connectivity index (χ0v) is 9.41. The summed E-state index contributed by atoms with van der Waals surface area (Å²) in [5.41, 5.74) is 0. The molecule has 0 aromatic carbocycles. The van der Waals surface area contributed by atoms with Gasteiger partial charge in [-0.15, -0.1) is 0 Å². The average molecular weight is 199 g/mol. The van der Waals surface area contributed by atoms with E-state index in [1.54, 1.807) is 0 Å². The fourth-order valence-electron chi connectivity index (χ4n) is 2.63. The summed E-state index contributed by atoms with van der Waals surface area (Å²) in [5, 5.41) is 3.80. The molecule has 2 unspecified atom stereocenters. The Bertz CT molecular complexity index is 148. The zero-order valence-electron chi connectivity index (χ0n) is 8.59. The molecule has 0 bridgehead atoms. The lowest BCUT2D eigenvalue weighted by molar-refractivity contribution is 0.352. The lowest BCUT2D eigenvalue weighted by atomic mass is 9.99. The van der Waals surface area contributed by atoms with Crippen LogP contribution < -0.4 is 5.32 Å². The molecular weight excluding hydrogens is 178 g/mol. The van der Waals surface area contributed by atoms with Gasteiger partial charge in [-0.2, -0.15) is 11.8 Å². The van der Waals surface area contributed by atoms with Gasteiger partial charge in [-0.25, -0.2) is 0 Å². The molecule has 0 aromatic heterocycles. The summed E-state index contributed by atoms with van der Waals surface area (Å²) in [5.74, 6) is 3.69. The van der Waals surface area contributed by atoms with Gasteiger partial charge in [0.2, 0.25) is 0 Å². The fraction of sp³-hybridized carbons (Fsp3) is 1.00. The van der Waals surface area contributed by atoms with E-state index in [-0.39, 0.29) is 0 Å². The second kappa shape index (κ2) is 4.70. The van der Waals surface area contributed by atoms with E-state index in [0.29, 0.717) is 0 Å². The Labute approximate surface area is 86.0 Å². The Balaban J connectivity index is 1.73. The van der Waals surface area contributed by atoms with Gasteiger partial charge in [0.1, 0.15) is 0 Å². The first-order valence-corrected chi connectivity index (χ1v) is 6.85. The largest absolute Gasteiger partial charge is 0.310 e. The highest BCUT2D eigenvalue weighted by molar-refractivity contribution is 7.99. The van der Waals surface area contributed by atoms with Crippen LogP contribution in [0.25, 0.3) is 0 Å². The lowest BCUT2D eigenvalue weighted by Gasteiger charge is -2.24. The van der Waals surface area contributed by atoms with Gasteiger partial charge in [0.25, 0.3) is 0 Å². The van der Waals surface area contributed by atoms with E-state index in [1.807, 2.05) is 0 Å². The second-order valence-electron chi connectivity index (χ2n) is 4.56. The standard InChI is InChI=1S/C11H21NS/c1-9(10-4-2-3-5-10)12-11-6-7-13-8-11/h9-12H,2-8H2,1H3. The molecule has 2 rings (SSSR count). The van der Waals surface area contributed by atoms with Gasteiger partial charge < -0.3 is 5.32 Å². The van der Waals surface area contributed by atoms with Gasteiger partial charge in [0.05, 0.1) is 0 Å². The maximum atomic E-state index is 3.80. The number of thioether (sulfide) groups is 1. The molecule has 1 nitrogen and oxygen atoms in total. The molecule has 1 aliphatic carbocycles. The van der Waals surface area contributed by atoms with E-state index in [9.17, 15) is 0 Å². The van der Waals surface area contributed by atoms with Crippen molar-refractivity contribution in [1.29, 1.82) is 0 Å². The number of rotatable bonds is 3. The smallest absolute Gasteiger partial charge is 0.0168 e. The number of hydrogen-bond donors (Lipinski definition) is 1. The van der Waals surface area contributed by atoms with Gasteiger partial charge in [-0.1, -0.05) is 12.8 Å². The highest BCUT2D eigenvalue weighted by Gasteiger charge is 2.24. The molecule has 0 aromatic rings. The van der Waals surface area contributed by atoms with Crippen LogP contribution in [-0.2, 0) is 0 Å². The van der Waals surface area contributed by atoms with E-state index >= 15 is 0 Å². The molecule has 1 heterocycles. The van der Waals surface area contributed by atoms with Gasteiger partial charge in [-0.3, -0.25) is 0 Å². The minimum atomic E-state index is 0.770. The third-order valence-electron chi connectivity index (χ3n) is 3.54. The van der Waals surface area contributed by atoms with Crippen LogP contribution in [0.1, 0.15) is 39.0 Å². The van der Waals surface area contributed by atoms with Crippen molar-refractivity contribution in [3.63, 3.8) is 0 Å². The summed E-state index contributed by atoms with van der Waals surface area (Å²) in [6.45, 7) is 2.39. The molecule has 2 aliphatic rings. The van der Waals surface area contributed by atoms with Crippen LogP contribution in [-0.4, -0.2) is 23.6 Å². The van der Waals surface area contributed by atoms with Crippen LogP contribution in [0.4, 0.5) is 0 Å². The monoisotopic (exact) mass is 199 g/mol. The second-order valence-corrected chi connectivity index (χ2v) is 5.71. The first kappa shape index (κ1) is 9.85. The summed E-state index contributed by atoms with van der Waals surface area (Å²) in [7, 11) is 0. The first-order valence-electron chi connectivity index (χ1n) is 5.70. The fourth-order valence-corrected chi connectivity index (χ4v) is 3.80. The topological polar surface area (TPSA) is 12.0 Å². The summed E-state index contributed by atoms with van der Waals surface area (Å²) in [6.07, 6.45) is 7.26. The number of hydrogen-bond acceptors (Lipinski definition) is 2. The van der Waals surface area contributed by atoms with E-state index < -0.39 is 0 Å². The van der Waals surface area contributed by atoms with Crippen molar-refractivity contribution in [3.05, 3.63) is 0 Å². The molecule has 2 heteroatoms. The van der Waals surface area contributed by atoms with Gasteiger partial charge in [0.15, 0.2) is 0 Å². The Morgan fingerprint density at radius 3 is 2.62 bits per heavy atom. The highest BCUT2D eigenvalue weighted by atomic mass is 32.2. The third kappa shape index (κ3) is 2.63. The van der Waals surface area contributed by atoms with Crippen LogP contribution in [0.3, 0.4) is 0 Å². The van der Waals surface area contributed by atoms with Crippen LogP contribution in [0.15, 0.2) is 0 Å². The van der Waals surface area contributed by atoms with Crippen LogP contribution in [0, 0.1) is 5.92 Å². The van der Waals surface area contributed by atoms with E-state index in [0.717, 1.165) is 18.0 Å². The normalized spacial score (nSPS) is 32.5. The average Bonchev–Trinajstić information content (AvgIpc) is 2.74. The van der Waals surface area contributed by atoms with Crippen LogP contribution in [0.2, 0.25) is 0 Å². The van der Waals surface area contributed by atoms with Crippen molar-refractivity contribution in [1.82, 2.24) is 5.32 Å². The zero-order chi connectivity index (χ0) is 9.10. The summed E-state index contributed by atoms with van der Waals surface area (Å²) in [4.78, 5) is 0. The SMILES string of the molecule is CC(NC1CCSC1)C1CCCC1. The first-order chi connectivity index (χ1) is 6.36. The third-order valence-corrected chi connectivity index (χ3v) is 4.70.